The fraction of sp³-hybridized carbons (Fsp3) is 0.238. The molecule has 1 atom stereocenters. The van der Waals surface area contributed by atoms with E-state index in [9.17, 15) is 9.59 Å². The molecule has 0 unspecified atom stereocenters. The summed E-state index contributed by atoms with van der Waals surface area (Å²) in [5.74, 6) is 0.466. The minimum Gasteiger partial charge on any atom is -0.491 e. The molecule has 134 valence electrons. The third-order valence-electron chi connectivity index (χ3n) is 4.25. The summed E-state index contributed by atoms with van der Waals surface area (Å²) in [5.41, 5.74) is 2.01. The van der Waals surface area contributed by atoms with E-state index in [0.29, 0.717) is 0 Å². The lowest BCUT2D eigenvalue weighted by Gasteiger charge is -2.12. The predicted octanol–water partition coefficient (Wildman–Crippen LogP) is 3.96. The van der Waals surface area contributed by atoms with Gasteiger partial charge in [0.25, 0.3) is 5.91 Å². The molecule has 1 saturated heterocycles. The second kappa shape index (κ2) is 7.87. The molecule has 1 heterocycles. The van der Waals surface area contributed by atoms with Gasteiger partial charge in [0.2, 0.25) is 0 Å². The van der Waals surface area contributed by atoms with Crippen molar-refractivity contribution in [1.82, 2.24) is 10.2 Å². The van der Waals surface area contributed by atoms with Crippen LogP contribution >= 0.6 is 0 Å². The minimum absolute atomic E-state index is 0.154. The van der Waals surface area contributed by atoms with E-state index >= 15 is 0 Å². The maximum Gasteiger partial charge on any atom is 0.329 e. The first-order chi connectivity index (χ1) is 12.6. The van der Waals surface area contributed by atoms with E-state index in [1.165, 1.54) is 4.90 Å². The molecule has 0 bridgehead atoms. The highest BCUT2D eigenvalue weighted by Gasteiger charge is 2.33. The number of imide groups is 1. The van der Waals surface area contributed by atoms with E-state index in [2.05, 4.69) is 12.2 Å². The number of amides is 3. The number of carbonyl (C=O) groups is 2. The van der Waals surface area contributed by atoms with Crippen molar-refractivity contribution < 1.29 is 14.3 Å². The van der Waals surface area contributed by atoms with Crippen LogP contribution in [-0.4, -0.2) is 22.9 Å². The molecule has 1 N–H and O–H groups in total. The number of ether oxygens (including phenoxy) is 1. The van der Waals surface area contributed by atoms with Crippen LogP contribution in [0, 0.1) is 0 Å². The number of nitrogens with zero attached hydrogens (tertiary/aromatic N) is 1. The Kier molecular flexibility index (Phi) is 5.37. The van der Waals surface area contributed by atoms with Crippen molar-refractivity contribution in [1.29, 1.82) is 0 Å². The van der Waals surface area contributed by atoms with Crippen LogP contribution in [0.25, 0.3) is 6.08 Å². The molecule has 0 aromatic heterocycles. The molecular weight excluding hydrogens is 328 g/mol. The molecule has 1 aliphatic rings. The first-order valence-corrected chi connectivity index (χ1v) is 8.72. The first-order valence-electron chi connectivity index (χ1n) is 8.72. The summed E-state index contributed by atoms with van der Waals surface area (Å²) in [6.07, 6.45) is 2.77. The van der Waals surface area contributed by atoms with Gasteiger partial charge >= 0.3 is 6.03 Å². The van der Waals surface area contributed by atoms with Crippen LogP contribution in [-0.2, 0) is 11.3 Å². The van der Waals surface area contributed by atoms with Crippen LogP contribution in [0.5, 0.6) is 5.75 Å². The van der Waals surface area contributed by atoms with Crippen LogP contribution in [0.15, 0.2) is 60.3 Å². The highest BCUT2D eigenvalue weighted by atomic mass is 16.5. The Labute approximate surface area is 153 Å². The lowest BCUT2D eigenvalue weighted by atomic mass is 10.1. The molecule has 3 amide bonds. The second-order valence-corrected chi connectivity index (χ2v) is 6.27. The Morgan fingerprint density at radius 3 is 2.42 bits per heavy atom. The summed E-state index contributed by atoms with van der Waals surface area (Å²) in [4.78, 5) is 25.9. The molecule has 3 rings (SSSR count). The molecular formula is C21H22N2O3. The summed E-state index contributed by atoms with van der Waals surface area (Å²) in [5, 5.41) is 2.65. The molecule has 2 aromatic rings. The van der Waals surface area contributed by atoms with Gasteiger partial charge in [0.15, 0.2) is 0 Å². The molecule has 5 heteroatoms. The predicted molar refractivity (Wildman–Crippen MR) is 100 cm³/mol. The second-order valence-electron chi connectivity index (χ2n) is 6.27. The average Bonchev–Trinajstić information content (AvgIpc) is 2.91. The Balaban J connectivity index is 1.71. The zero-order chi connectivity index (χ0) is 18.5. The van der Waals surface area contributed by atoms with E-state index < -0.39 is 6.03 Å². The average molecular weight is 350 g/mol. The topological polar surface area (TPSA) is 58.6 Å². The quantitative estimate of drug-likeness (QED) is 0.634. The summed E-state index contributed by atoms with van der Waals surface area (Å²) in [7, 11) is 0. The Morgan fingerprint density at radius 2 is 1.77 bits per heavy atom. The van der Waals surface area contributed by atoms with Gasteiger partial charge in [0.05, 0.1) is 12.6 Å². The standard InChI is InChI=1S/C21H22N2O3/c1-3-15(2)26-18-11-9-16(10-12-18)13-19-20(24)23(21(25)22-19)14-17-7-5-4-6-8-17/h4-13,15H,3,14H2,1-2H3,(H,22,25)/b19-13-/t15-/m1/s1. The van der Waals surface area contributed by atoms with Gasteiger partial charge in [-0.25, -0.2) is 4.79 Å². The van der Waals surface area contributed by atoms with Gasteiger partial charge in [0.1, 0.15) is 11.4 Å². The zero-order valence-corrected chi connectivity index (χ0v) is 14.9. The molecule has 0 spiro atoms. The maximum atomic E-state index is 12.5. The molecule has 0 saturated carbocycles. The molecule has 2 aromatic carbocycles. The molecule has 1 fully saturated rings. The lowest BCUT2D eigenvalue weighted by molar-refractivity contribution is -0.123. The molecule has 26 heavy (non-hydrogen) atoms. The Bertz CT molecular complexity index is 813. The number of nitrogens with one attached hydrogen (secondary N) is 1. The van der Waals surface area contributed by atoms with E-state index in [0.717, 1.165) is 23.3 Å². The number of rotatable bonds is 6. The highest BCUT2D eigenvalue weighted by molar-refractivity contribution is 6.13. The molecule has 0 radical (unpaired) electrons. The van der Waals surface area contributed by atoms with E-state index in [1.807, 2.05) is 61.5 Å². The van der Waals surface area contributed by atoms with Crippen molar-refractivity contribution in [2.24, 2.45) is 0 Å². The van der Waals surface area contributed by atoms with Gasteiger partial charge in [-0.05, 0) is 42.7 Å². The molecule has 1 aliphatic heterocycles. The van der Waals surface area contributed by atoms with Gasteiger partial charge in [-0.1, -0.05) is 49.4 Å². The van der Waals surface area contributed by atoms with Gasteiger partial charge in [0, 0.05) is 0 Å². The smallest absolute Gasteiger partial charge is 0.329 e. The molecule has 0 aliphatic carbocycles. The van der Waals surface area contributed by atoms with Crippen LogP contribution in [0.1, 0.15) is 31.4 Å². The van der Waals surface area contributed by atoms with Gasteiger partial charge < -0.3 is 10.1 Å². The van der Waals surface area contributed by atoms with Crippen LogP contribution in [0.4, 0.5) is 4.79 Å². The Hall–Kier alpha value is -3.08. The monoisotopic (exact) mass is 350 g/mol. The summed E-state index contributed by atoms with van der Waals surface area (Å²) in [6, 6.07) is 16.5. The largest absolute Gasteiger partial charge is 0.491 e. The van der Waals surface area contributed by atoms with Crippen LogP contribution < -0.4 is 10.1 Å². The first kappa shape index (κ1) is 17.7. The van der Waals surface area contributed by atoms with Crippen molar-refractivity contribution in [2.45, 2.75) is 32.9 Å². The number of urea groups is 1. The van der Waals surface area contributed by atoms with E-state index in [1.54, 1.807) is 6.08 Å². The third-order valence-corrected chi connectivity index (χ3v) is 4.25. The van der Waals surface area contributed by atoms with Gasteiger partial charge in [-0.2, -0.15) is 0 Å². The fourth-order valence-corrected chi connectivity index (χ4v) is 2.61. The van der Waals surface area contributed by atoms with Crippen LogP contribution in [0.3, 0.4) is 0 Å². The lowest BCUT2D eigenvalue weighted by Crippen LogP contribution is -2.30. The van der Waals surface area contributed by atoms with Crippen molar-refractivity contribution in [3.8, 4) is 5.75 Å². The minimum atomic E-state index is -0.401. The highest BCUT2D eigenvalue weighted by Crippen LogP contribution is 2.19. The maximum absolute atomic E-state index is 12.5. The summed E-state index contributed by atoms with van der Waals surface area (Å²) in [6.45, 7) is 4.34. The van der Waals surface area contributed by atoms with E-state index in [4.69, 9.17) is 4.74 Å². The SMILES string of the molecule is CC[C@@H](C)Oc1ccc(/C=C2\NC(=O)N(Cc3ccccc3)C2=O)cc1. The number of carbonyl (C=O) groups excluding carboxylic acids is 2. The number of hydrogen-bond donors (Lipinski definition) is 1. The summed E-state index contributed by atoms with van der Waals surface area (Å²) >= 11 is 0. The van der Waals surface area contributed by atoms with E-state index in [-0.39, 0.29) is 24.3 Å². The van der Waals surface area contributed by atoms with Crippen molar-refractivity contribution in [3.63, 3.8) is 0 Å². The van der Waals surface area contributed by atoms with Crippen molar-refractivity contribution in [3.05, 3.63) is 71.4 Å². The van der Waals surface area contributed by atoms with Crippen molar-refractivity contribution in [2.75, 3.05) is 0 Å². The fourth-order valence-electron chi connectivity index (χ4n) is 2.61. The summed E-state index contributed by atoms with van der Waals surface area (Å²) < 4.78 is 5.74. The number of hydrogen-bond acceptors (Lipinski definition) is 3. The van der Waals surface area contributed by atoms with Gasteiger partial charge in [-0.15, -0.1) is 0 Å². The molecule has 5 nitrogen and oxygen atoms in total. The number of benzene rings is 2. The normalized spacial score (nSPS) is 16.7. The van der Waals surface area contributed by atoms with Crippen molar-refractivity contribution >= 4 is 18.0 Å². The Morgan fingerprint density at radius 1 is 1.08 bits per heavy atom. The van der Waals surface area contributed by atoms with Gasteiger partial charge in [-0.3, -0.25) is 9.69 Å². The van der Waals surface area contributed by atoms with Crippen LogP contribution in [0.2, 0.25) is 0 Å². The zero-order valence-electron chi connectivity index (χ0n) is 14.9. The third kappa shape index (κ3) is 4.11.